The number of carbonyl (C=O) groups is 1. The van der Waals surface area contributed by atoms with E-state index in [4.69, 9.17) is 10.5 Å². The molecule has 1 unspecified atom stereocenters. The minimum Gasteiger partial charge on any atom is -0.465 e. The molecule has 0 radical (unpaired) electrons. The van der Waals surface area contributed by atoms with Gasteiger partial charge < -0.3 is 15.4 Å². The molecule has 0 rings (SSSR count). The largest absolute Gasteiger partial charge is 0.465 e. The second-order valence-electron chi connectivity index (χ2n) is 5.15. The summed E-state index contributed by atoms with van der Waals surface area (Å²) in [7, 11) is 0. The number of esters is 1. The van der Waals surface area contributed by atoms with Crippen molar-refractivity contribution in [2.45, 2.75) is 53.0 Å². The van der Waals surface area contributed by atoms with Crippen LogP contribution in [0.2, 0.25) is 0 Å². The normalized spacial score (nSPS) is 14.9. The molecule has 0 aromatic rings. The third-order valence-electron chi connectivity index (χ3n) is 3.41. The second kappa shape index (κ2) is 8.48. The topological polar surface area (TPSA) is 55.6 Å². The van der Waals surface area contributed by atoms with Crippen molar-refractivity contribution < 1.29 is 9.53 Å². The van der Waals surface area contributed by atoms with Crippen LogP contribution in [0.5, 0.6) is 0 Å². The first kappa shape index (κ1) is 17.4. The van der Waals surface area contributed by atoms with E-state index in [-0.39, 0.29) is 5.97 Å². The van der Waals surface area contributed by atoms with Gasteiger partial charge in [-0.15, -0.1) is 0 Å². The molecule has 108 valence electrons. The van der Waals surface area contributed by atoms with Crippen LogP contribution in [0, 0.1) is 5.92 Å². The quantitative estimate of drug-likeness (QED) is 0.643. The van der Waals surface area contributed by atoms with Crippen molar-refractivity contribution in [1.82, 2.24) is 4.90 Å². The molecule has 0 aliphatic heterocycles. The molecule has 2 N–H and O–H groups in total. The molecule has 1 atom stereocenters. The van der Waals surface area contributed by atoms with Crippen LogP contribution in [-0.4, -0.2) is 42.6 Å². The lowest BCUT2D eigenvalue weighted by Crippen LogP contribution is -2.55. The third-order valence-corrected chi connectivity index (χ3v) is 3.41. The van der Waals surface area contributed by atoms with Gasteiger partial charge >= 0.3 is 5.97 Å². The first-order chi connectivity index (χ1) is 8.41. The van der Waals surface area contributed by atoms with Gasteiger partial charge in [0.15, 0.2) is 0 Å². The summed E-state index contributed by atoms with van der Waals surface area (Å²) in [4.78, 5) is 14.0. The molecule has 0 amide bonds. The summed E-state index contributed by atoms with van der Waals surface area (Å²) in [5.74, 6) is 0.357. The first-order valence-electron chi connectivity index (χ1n) is 7.09. The number of hydrogen-bond acceptors (Lipinski definition) is 4. The fourth-order valence-corrected chi connectivity index (χ4v) is 2.04. The summed E-state index contributed by atoms with van der Waals surface area (Å²) < 4.78 is 5.02. The molecule has 0 aromatic carbocycles. The summed E-state index contributed by atoms with van der Waals surface area (Å²) in [5, 5.41) is 0. The summed E-state index contributed by atoms with van der Waals surface area (Å²) in [6.45, 7) is 12.9. The maximum atomic E-state index is 11.8. The summed E-state index contributed by atoms with van der Waals surface area (Å²) in [6, 6.07) is 0. The lowest BCUT2D eigenvalue weighted by molar-refractivity contribution is -0.149. The summed E-state index contributed by atoms with van der Waals surface area (Å²) in [6.07, 6.45) is 2.32. The number of ether oxygens (including phenoxy) is 1. The number of likely N-dealkylation sites (N-methyl/N-ethyl adjacent to an activating group) is 1. The zero-order valence-corrected chi connectivity index (χ0v) is 12.7. The predicted octanol–water partition coefficient (Wildman–Crippen LogP) is 2.02. The van der Waals surface area contributed by atoms with Gasteiger partial charge in [0.2, 0.25) is 0 Å². The summed E-state index contributed by atoms with van der Waals surface area (Å²) >= 11 is 0. The Balaban J connectivity index is 4.46. The van der Waals surface area contributed by atoms with Crippen LogP contribution in [-0.2, 0) is 9.53 Å². The van der Waals surface area contributed by atoms with E-state index in [9.17, 15) is 4.79 Å². The monoisotopic (exact) mass is 258 g/mol. The minimum absolute atomic E-state index is 0.312. The van der Waals surface area contributed by atoms with Crippen molar-refractivity contribution in [2.24, 2.45) is 11.7 Å². The Morgan fingerprint density at radius 2 is 1.83 bits per heavy atom. The molecule has 0 saturated heterocycles. The van der Waals surface area contributed by atoms with E-state index in [0.29, 0.717) is 19.1 Å². The molecule has 0 fully saturated rings. The highest BCUT2D eigenvalue weighted by molar-refractivity contribution is 5.80. The van der Waals surface area contributed by atoms with E-state index < -0.39 is 5.54 Å². The van der Waals surface area contributed by atoms with Gasteiger partial charge in [-0.2, -0.15) is 0 Å². The van der Waals surface area contributed by atoms with E-state index in [1.807, 2.05) is 0 Å². The van der Waals surface area contributed by atoms with Gasteiger partial charge in [0, 0.05) is 13.1 Å². The Kier molecular flexibility index (Phi) is 8.20. The van der Waals surface area contributed by atoms with E-state index in [0.717, 1.165) is 25.9 Å². The zero-order chi connectivity index (χ0) is 14.2. The SMILES string of the molecule is CCOC(=O)C(C)(N)CN(CC)CC(CC)CC. The van der Waals surface area contributed by atoms with Gasteiger partial charge in [-0.1, -0.05) is 33.6 Å². The van der Waals surface area contributed by atoms with Crippen LogP contribution < -0.4 is 5.73 Å². The minimum atomic E-state index is -0.919. The van der Waals surface area contributed by atoms with E-state index in [2.05, 4.69) is 25.7 Å². The van der Waals surface area contributed by atoms with Crippen LogP contribution >= 0.6 is 0 Å². The van der Waals surface area contributed by atoms with Crippen molar-refractivity contribution in [3.8, 4) is 0 Å². The molecule has 0 aromatic heterocycles. The number of rotatable bonds is 9. The Morgan fingerprint density at radius 1 is 1.28 bits per heavy atom. The average molecular weight is 258 g/mol. The van der Waals surface area contributed by atoms with Gasteiger partial charge in [0.05, 0.1) is 6.61 Å². The molecule has 0 aliphatic carbocycles. The van der Waals surface area contributed by atoms with Gasteiger partial charge in [0.1, 0.15) is 5.54 Å². The molecule has 0 spiro atoms. The van der Waals surface area contributed by atoms with E-state index in [1.165, 1.54) is 0 Å². The number of nitrogens with two attached hydrogens (primary N) is 1. The molecule has 0 aliphatic rings. The van der Waals surface area contributed by atoms with Crippen molar-refractivity contribution in [3.63, 3.8) is 0 Å². The van der Waals surface area contributed by atoms with Gasteiger partial charge in [-0.25, -0.2) is 0 Å². The Morgan fingerprint density at radius 3 is 2.22 bits per heavy atom. The maximum Gasteiger partial charge on any atom is 0.327 e. The third kappa shape index (κ3) is 5.83. The molecule has 0 heterocycles. The van der Waals surface area contributed by atoms with Crippen molar-refractivity contribution in [1.29, 1.82) is 0 Å². The Bertz CT molecular complexity index is 238. The lowest BCUT2D eigenvalue weighted by Gasteiger charge is -2.32. The highest BCUT2D eigenvalue weighted by Gasteiger charge is 2.32. The van der Waals surface area contributed by atoms with Crippen molar-refractivity contribution >= 4 is 5.97 Å². The van der Waals surface area contributed by atoms with Gasteiger partial charge in [-0.05, 0) is 26.3 Å². The Hall–Kier alpha value is -0.610. The molecular formula is C14H30N2O2. The maximum absolute atomic E-state index is 11.8. The fourth-order valence-electron chi connectivity index (χ4n) is 2.04. The predicted molar refractivity (Wildman–Crippen MR) is 75.4 cm³/mol. The van der Waals surface area contributed by atoms with Crippen LogP contribution in [0.25, 0.3) is 0 Å². The Labute approximate surface area is 112 Å². The van der Waals surface area contributed by atoms with Crippen LogP contribution in [0.1, 0.15) is 47.5 Å². The molecular weight excluding hydrogens is 228 g/mol. The number of carbonyl (C=O) groups excluding carboxylic acids is 1. The van der Waals surface area contributed by atoms with E-state index in [1.54, 1.807) is 13.8 Å². The van der Waals surface area contributed by atoms with Crippen LogP contribution in [0.3, 0.4) is 0 Å². The average Bonchev–Trinajstić information content (AvgIpc) is 2.34. The highest BCUT2D eigenvalue weighted by atomic mass is 16.5. The number of hydrogen-bond donors (Lipinski definition) is 1. The van der Waals surface area contributed by atoms with Crippen LogP contribution in [0.15, 0.2) is 0 Å². The molecule has 0 saturated carbocycles. The molecule has 18 heavy (non-hydrogen) atoms. The summed E-state index contributed by atoms with van der Waals surface area (Å²) in [5.41, 5.74) is 5.15. The smallest absolute Gasteiger partial charge is 0.327 e. The van der Waals surface area contributed by atoms with Crippen molar-refractivity contribution in [3.05, 3.63) is 0 Å². The lowest BCUT2D eigenvalue weighted by atomic mass is 9.99. The first-order valence-corrected chi connectivity index (χ1v) is 7.09. The highest BCUT2D eigenvalue weighted by Crippen LogP contribution is 2.13. The molecule has 4 nitrogen and oxygen atoms in total. The number of nitrogens with zero attached hydrogens (tertiary/aromatic N) is 1. The van der Waals surface area contributed by atoms with Gasteiger partial charge in [-0.3, -0.25) is 4.79 Å². The molecule has 0 bridgehead atoms. The van der Waals surface area contributed by atoms with E-state index >= 15 is 0 Å². The standard InChI is InChI=1S/C14H30N2O2/c1-6-12(7-2)10-16(8-3)11-14(5,15)13(17)18-9-4/h12H,6-11,15H2,1-5H3. The molecule has 4 heteroatoms. The zero-order valence-electron chi connectivity index (χ0n) is 12.7. The van der Waals surface area contributed by atoms with Crippen LogP contribution in [0.4, 0.5) is 0 Å². The second-order valence-corrected chi connectivity index (χ2v) is 5.15. The van der Waals surface area contributed by atoms with Crippen molar-refractivity contribution in [2.75, 3.05) is 26.2 Å². The van der Waals surface area contributed by atoms with Gasteiger partial charge in [0.25, 0.3) is 0 Å². The fraction of sp³-hybridized carbons (Fsp3) is 0.929.